The number of halogens is 4. The molecule has 0 saturated carbocycles. The zero-order valence-corrected chi connectivity index (χ0v) is 18.5. The standard InChI is InChI=1S/C19H13F4N5O3S2/c1-27-15(30)14-11(26-33-16(14)28(2)18(27)31)6-13(29)25-17-24-12(7-32-17)8-3-9(19(21,22)23)5-10(20)4-8/h3-5,7H,6H2,1-2H3,(H,24,25,29). The van der Waals surface area contributed by atoms with Crippen LogP contribution >= 0.6 is 22.9 Å². The monoisotopic (exact) mass is 499 g/mol. The van der Waals surface area contributed by atoms with Crippen LogP contribution in [0.3, 0.4) is 0 Å². The number of alkyl halides is 3. The molecule has 1 N–H and O–H groups in total. The average Bonchev–Trinajstić information content (AvgIpc) is 3.37. The van der Waals surface area contributed by atoms with Crippen molar-refractivity contribution < 1.29 is 22.4 Å². The molecule has 0 radical (unpaired) electrons. The third-order valence-corrected chi connectivity index (χ3v) is 6.46. The Morgan fingerprint density at radius 1 is 1.15 bits per heavy atom. The molecule has 172 valence electrons. The molecular formula is C19H13F4N5O3S2. The first kappa shape index (κ1) is 22.8. The number of nitrogens with zero attached hydrogens (tertiary/aromatic N) is 4. The van der Waals surface area contributed by atoms with Crippen LogP contribution in [0, 0.1) is 5.82 Å². The molecule has 3 aromatic heterocycles. The molecule has 0 saturated heterocycles. The zero-order valence-electron chi connectivity index (χ0n) is 16.9. The Hall–Kier alpha value is -3.39. The molecule has 0 aliphatic rings. The van der Waals surface area contributed by atoms with E-state index in [0.717, 1.165) is 39.6 Å². The van der Waals surface area contributed by atoms with Gasteiger partial charge in [0.15, 0.2) is 5.13 Å². The lowest BCUT2D eigenvalue weighted by atomic mass is 10.1. The Bertz CT molecular complexity index is 1520. The van der Waals surface area contributed by atoms with Gasteiger partial charge in [-0.05, 0) is 29.7 Å². The van der Waals surface area contributed by atoms with Crippen LogP contribution in [0.1, 0.15) is 11.3 Å². The number of fused-ring (bicyclic) bond motifs is 1. The number of rotatable bonds is 4. The minimum atomic E-state index is -4.72. The van der Waals surface area contributed by atoms with Crippen molar-refractivity contribution in [2.75, 3.05) is 5.32 Å². The minimum absolute atomic E-state index is 0.0586. The molecule has 1 amide bonds. The fourth-order valence-corrected chi connectivity index (χ4v) is 4.71. The summed E-state index contributed by atoms with van der Waals surface area (Å²) in [5.74, 6) is -1.64. The first-order valence-corrected chi connectivity index (χ1v) is 10.8. The first-order valence-electron chi connectivity index (χ1n) is 9.13. The van der Waals surface area contributed by atoms with E-state index in [1.165, 1.54) is 24.0 Å². The Morgan fingerprint density at radius 3 is 2.58 bits per heavy atom. The maximum absolute atomic E-state index is 13.7. The van der Waals surface area contributed by atoms with E-state index < -0.39 is 34.7 Å². The van der Waals surface area contributed by atoms with Crippen molar-refractivity contribution in [2.45, 2.75) is 12.6 Å². The van der Waals surface area contributed by atoms with Crippen LogP contribution in [0.25, 0.3) is 21.5 Å². The van der Waals surface area contributed by atoms with E-state index >= 15 is 0 Å². The number of hydrogen-bond donors (Lipinski definition) is 1. The molecule has 1 aromatic carbocycles. The normalized spacial score (nSPS) is 11.8. The van der Waals surface area contributed by atoms with Gasteiger partial charge in [0, 0.05) is 25.0 Å². The van der Waals surface area contributed by atoms with Crippen molar-refractivity contribution in [1.82, 2.24) is 18.5 Å². The van der Waals surface area contributed by atoms with E-state index in [2.05, 4.69) is 14.7 Å². The van der Waals surface area contributed by atoms with Gasteiger partial charge in [-0.25, -0.2) is 14.2 Å². The van der Waals surface area contributed by atoms with Crippen LogP contribution in [0.15, 0.2) is 33.2 Å². The number of aromatic nitrogens is 4. The van der Waals surface area contributed by atoms with Gasteiger partial charge >= 0.3 is 11.9 Å². The Kier molecular flexibility index (Phi) is 5.66. The summed E-state index contributed by atoms with van der Waals surface area (Å²) < 4.78 is 58.8. The second kappa shape index (κ2) is 8.19. The van der Waals surface area contributed by atoms with E-state index in [9.17, 15) is 31.9 Å². The molecule has 0 atom stereocenters. The average molecular weight is 499 g/mol. The highest BCUT2D eigenvalue weighted by atomic mass is 32.1. The lowest BCUT2D eigenvalue weighted by Crippen LogP contribution is -2.36. The van der Waals surface area contributed by atoms with Gasteiger partial charge in [0.05, 0.1) is 28.8 Å². The molecule has 0 fully saturated rings. The number of carbonyl (C=O) groups excluding carboxylic acids is 1. The predicted octanol–water partition coefficient (Wildman–Crippen LogP) is 3.16. The van der Waals surface area contributed by atoms with E-state index in [1.54, 1.807) is 0 Å². The summed E-state index contributed by atoms with van der Waals surface area (Å²) in [6.45, 7) is 0. The van der Waals surface area contributed by atoms with Crippen molar-refractivity contribution in [2.24, 2.45) is 14.1 Å². The molecule has 0 aliphatic carbocycles. The smallest absolute Gasteiger partial charge is 0.302 e. The Labute approximate surface area is 189 Å². The predicted molar refractivity (Wildman–Crippen MR) is 115 cm³/mol. The number of amides is 1. The number of carbonyl (C=O) groups is 1. The van der Waals surface area contributed by atoms with Gasteiger partial charge in [-0.15, -0.1) is 11.3 Å². The molecule has 0 spiro atoms. The molecule has 0 bridgehead atoms. The van der Waals surface area contributed by atoms with Crippen molar-refractivity contribution in [3.8, 4) is 11.3 Å². The van der Waals surface area contributed by atoms with Crippen molar-refractivity contribution in [3.63, 3.8) is 0 Å². The second-order valence-electron chi connectivity index (χ2n) is 7.00. The number of benzene rings is 1. The summed E-state index contributed by atoms with van der Waals surface area (Å²) in [5.41, 5.74) is -2.10. The quantitative estimate of drug-likeness (QED) is 0.435. The number of hydrogen-bond acceptors (Lipinski definition) is 7. The van der Waals surface area contributed by atoms with Crippen molar-refractivity contribution >= 4 is 44.1 Å². The van der Waals surface area contributed by atoms with Crippen LogP contribution in [-0.2, 0) is 31.5 Å². The van der Waals surface area contributed by atoms with Gasteiger partial charge in [-0.1, -0.05) is 0 Å². The van der Waals surface area contributed by atoms with E-state index in [4.69, 9.17) is 0 Å². The van der Waals surface area contributed by atoms with Gasteiger partial charge in [-0.3, -0.25) is 18.7 Å². The maximum Gasteiger partial charge on any atom is 0.416 e. The lowest BCUT2D eigenvalue weighted by molar-refractivity contribution is -0.137. The summed E-state index contributed by atoms with van der Waals surface area (Å²) >= 11 is 1.85. The summed E-state index contributed by atoms with van der Waals surface area (Å²) in [5, 5.41) is 4.11. The molecule has 3 heterocycles. The summed E-state index contributed by atoms with van der Waals surface area (Å²) in [6, 6.07) is 2.07. The summed E-state index contributed by atoms with van der Waals surface area (Å²) in [7, 11) is 2.80. The van der Waals surface area contributed by atoms with Gasteiger partial charge in [0.1, 0.15) is 10.6 Å². The summed E-state index contributed by atoms with van der Waals surface area (Å²) in [4.78, 5) is 41.4. The van der Waals surface area contributed by atoms with Gasteiger partial charge in [0.2, 0.25) is 5.91 Å². The molecule has 4 aromatic rings. The Morgan fingerprint density at radius 2 is 1.88 bits per heavy atom. The highest BCUT2D eigenvalue weighted by Gasteiger charge is 2.31. The van der Waals surface area contributed by atoms with E-state index in [0.29, 0.717) is 10.9 Å². The lowest BCUT2D eigenvalue weighted by Gasteiger charge is -2.08. The molecular weight excluding hydrogens is 486 g/mol. The largest absolute Gasteiger partial charge is 0.416 e. The SMILES string of the molecule is Cn1c(=O)c2c(CC(=O)Nc3nc(-c4cc(F)cc(C(F)(F)F)c4)cs3)nsc2n(C)c1=O. The highest BCUT2D eigenvalue weighted by Crippen LogP contribution is 2.34. The molecule has 4 rings (SSSR count). The van der Waals surface area contributed by atoms with Crippen molar-refractivity contribution in [1.29, 1.82) is 0 Å². The highest BCUT2D eigenvalue weighted by molar-refractivity contribution is 7.14. The topological polar surface area (TPSA) is 98.9 Å². The number of aryl methyl sites for hydroxylation is 1. The third-order valence-electron chi connectivity index (χ3n) is 4.74. The summed E-state index contributed by atoms with van der Waals surface area (Å²) in [6.07, 6.45) is -5.01. The van der Waals surface area contributed by atoms with E-state index in [1.807, 2.05) is 0 Å². The molecule has 33 heavy (non-hydrogen) atoms. The number of thiazole rings is 1. The molecule has 14 heteroatoms. The fourth-order valence-electron chi connectivity index (χ4n) is 3.12. The van der Waals surface area contributed by atoms with Gasteiger partial charge < -0.3 is 5.32 Å². The number of nitrogens with one attached hydrogen (secondary N) is 1. The van der Waals surface area contributed by atoms with Crippen LogP contribution in [0.4, 0.5) is 22.7 Å². The second-order valence-corrected chi connectivity index (χ2v) is 8.61. The fraction of sp³-hybridized carbons (Fsp3) is 0.211. The van der Waals surface area contributed by atoms with Crippen LogP contribution in [-0.4, -0.2) is 24.4 Å². The van der Waals surface area contributed by atoms with Crippen molar-refractivity contribution in [3.05, 3.63) is 61.5 Å². The Balaban J connectivity index is 1.57. The molecule has 0 aliphatic heterocycles. The van der Waals surface area contributed by atoms with Crippen LogP contribution in [0.2, 0.25) is 0 Å². The zero-order chi connectivity index (χ0) is 24.1. The van der Waals surface area contributed by atoms with Gasteiger partial charge in [-0.2, -0.15) is 17.5 Å². The van der Waals surface area contributed by atoms with Crippen LogP contribution in [0.5, 0.6) is 0 Å². The van der Waals surface area contributed by atoms with E-state index in [-0.39, 0.29) is 33.9 Å². The van der Waals surface area contributed by atoms with Gasteiger partial charge in [0.25, 0.3) is 5.56 Å². The first-order chi connectivity index (χ1) is 15.5. The molecule has 0 unspecified atom stereocenters. The third kappa shape index (κ3) is 4.30. The maximum atomic E-state index is 13.7. The van der Waals surface area contributed by atoms with Crippen LogP contribution < -0.4 is 16.6 Å². The number of anilines is 1. The molecule has 8 nitrogen and oxygen atoms in total. The minimum Gasteiger partial charge on any atom is -0.302 e.